The van der Waals surface area contributed by atoms with Crippen molar-refractivity contribution in [2.24, 2.45) is 0 Å². The number of benzene rings is 1. The lowest BCUT2D eigenvalue weighted by Crippen LogP contribution is -2.02. The Morgan fingerprint density at radius 1 is 0.800 bits per heavy atom. The average Bonchev–Trinajstić information content (AvgIpc) is 2.27. The lowest BCUT2D eigenvalue weighted by Gasteiger charge is -2.17. The van der Waals surface area contributed by atoms with E-state index in [1.54, 1.807) is 0 Å². The topological polar surface area (TPSA) is 20.2 Å². The lowest BCUT2D eigenvalue weighted by molar-refractivity contribution is 0.466. The first-order valence-electron chi connectivity index (χ1n) is 6.04. The van der Waals surface area contributed by atoms with Gasteiger partial charge >= 0.3 is 0 Å². The van der Waals surface area contributed by atoms with Crippen LogP contribution in [0.15, 0.2) is 6.07 Å². The summed E-state index contributed by atoms with van der Waals surface area (Å²) in [5.41, 5.74) is 5.28. The van der Waals surface area contributed by atoms with E-state index in [1.165, 1.54) is 16.7 Å². The van der Waals surface area contributed by atoms with Crippen LogP contribution in [0.1, 0.15) is 49.9 Å². The second-order valence-electron chi connectivity index (χ2n) is 3.90. The van der Waals surface area contributed by atoms with E-state index in [0.717, 1.165) is 31.2 Å². The number of rotatable bonds is 4. The van der Waals surface area contributed by atoms with Gasteiger partial charge in [-0.15, -0.1) is 0 Å². The maximum absolute atomic E-state index is 9.95. The molecular weight excluding hydrogens is 184 g/mol. The van der Waals surface area contributed by atoms with Crippen molar-refractivity contribution in [3.8, 4) is 5.75 Å². The molecule has 0 saturated carbocycles. The number of aromatic hydroxyl groups is 1. The molecule has 84 valence electrons. The van der Waals surface area contributed by atoms with Crippen LogP contribution in [0.25, 0.3) is 0 Å². The lowest BCUT2D eigenvalue weighted by atomic mass is 9.89. The molecule has 1 heteroatoms. The summed E-state index contributed by atoms with van der Waals surface area (Å²) in [4.78, 5) is 0. The number of hydrogen-bond acceptors (Lipinski definition) is 1. The predicted molar refractivity (Wildman–Crippen MR) is 65.6 cm³/mol. The summed E-state index contributed by atoms with van der Waals surface area (Å²) in [7, 11) is 0. The fourth-order valence-electron chi connectivity index (χ4n) is 2.45. The Hall–Kier alpha value is -0.980. The maximum atomic E-state index is 9.95. The van der Waals surface area contributed by atoms with Crippen LogP contribution in [0.3, 0.4) is 0 Å². The molecule has 0 unspecified atom stereocenters. The Labute approximate surface area is 93.1 Å². The van der Waals surface area contributed by atoms with E-state index in [1.807, 2.05) is 6.07 Å². The van der Waals surface area contributed by atoms with Gasteiger partial charge in [-0.25, -0.2) is 0 Å². The zero-order valence-electron chi connectivity index (χ0n) is 10.4. The molecule has 1 aromatic carbocycles. The Morgan fingerprint density at radius 3 is 1.73 bits per heavy atom. The van der Waals surface area contributed by atoms with Crippen LogP contribution in [0.2, 0.25) is 0 Å². The first-order valence-corrected chi connectivity index (χ1v) is 6.04. The van der Waals surface area contributed by atoms with Crippen LogP contribution >= 0.6 is 0 Å². The zero-order valence-corrected chi connectivity index (χ0v) is 10.4. The van der Waals surface area contributed by atoms with Gasteiger partial charge in [0.05, 0.1) is 0 Å². The van der Waals surface area contributed by atoms with E-state index in [4.69, 9.17) is 0 Å². The van der Waals surface area contributed by atoms with Gasteiger partial charge in [-0.05, 0) is 54.0 Å². The predicted octanol–water partition coefficient (Wildman–Crippen LogP) is 3.64. The second-order valence-corrected chi connectivity index (χ2v) is 3.90. The van der Waals surface area contributed by atoms with Gasteiger partial charge in [-0.3, -0.25) is 0 Å². The third kappa shape index (κ3) is 2.17. The van der Waals surface area contributed by atoms with E-state index in [9.17, 15) is 5.11 Å². The van der Waals surface area contributed by atoms with Crippen LogP contribution in [0.4, 0.5) is 0 Å². The van der Waals surface area contributed by atoms with Gasteiger partial charge < -0.3 is 5.11 Å². The van der Waals surface area contributed by atoms with Gasteiger partial charge in [0.1, 0.15) is 5.75 Å². The minimum Gasteiger partial charge on any atom is -0.508 e. The van der Waals surface area contributed by atoms with Gasteiger partial charge in [-0.1, -0.05) is 27.7 Å². The average molecular weight is 206 g/mol. The van der Waals surface area contributed by atoms with Crippen LogP contribution in [0, 0.1) is 0 Å². The molecule has 0 atom stereocenters. The summed E-state index contributed by atoms with van der Waals surface area (Å²) in [6.07, 6.45) is 4.02. The van der Waals surface area contributed by atoms with Crippen LogP contribution in [-0.4, -0.2) is 5.11 Å². The largest absolute Gasteiger partial charge is 0.508 e. The molecule has 1 nitrogen and oxygen atoms in total. The molecule has 15 heavy (non-hydrogen) atoms. The third-order valence-electron chi connectivity index (χ3n) is 3.18. The van der Waals surface area contributed by atoms with Gasteiger partial charge in [0.2, 0.25) is 0 Å². The van der Waals surface area contributed by atoms with Crippen molar-refractivity contribution in [1.29, 1.82) is 0 Å². The summed E-state index contributed by atoms with van der Waals surface area (Å²) < 4.78 is 0. The Balaban J connectivity index is 3.44. The van der Waals surface area contributed by atoms with E-state index in [-0.39, 0.29) is 0 Å². The highest BCUT2D eigenvalue weighted by Gasteiger charge is 2.13. The van der Waals surface area contributed by atoms with Crippen molar-refractivity contribution in [3.63, 3.8) is 0 Å². The highest BCUT2D eigenvalue weighted by molar-refractivity contribution is 5.49. The Morgan fingerprint density at radius 2 is 1.33 bits per heavy atom. The third-order valence-corrected chi connectivity index (χ3v) is 3.18. The van der Waals surface area contributed by atoms with Crippen molar-refractivity contribution in [2.75, 3.05) is 0 Å². The molecule has 0 amide bonds. The first-order chi connectivity index (χ1) is 7.19. The summed E-state index contributed by atoms with van der Waals surface area (Å²) in [5, 5.41) is 9.95. The molecule has 1 N–H and O–H groups in total. The summed E-state index contributed by atoms with van der Waals surface area (Å²) in [6, 6.07) is 1.96. The highest BCUT2D eigenvalue weighted by atomic mass is 16.3. The fraction of sp³-hybridized carbons (Fsp3) is 0.571. The van der Waals surface area contributed by atoms with Crippen LogP contribution in [0.5, 0.6) is 5.75 Å². The monoisotopic (exact) mass is 206 g/mol. The molecule has 1 rings (SSSR count). The zero-order chi connectivity index (χ0) is 11.4. The molecular formula is C14H22O. The normalized spacial score (nSPS) is 10.7. The van der Waals surface area contributed by atoms with Crippen molar-refractivity contribution >= 4 is 0 Å². The highest BCUT2D eigenvalue weighted by Crippen LogP contribution is 2.30. The number of phenolic OH excluding ortho intramolecular Hbond substituents is 1. The van der Waals surface area contributed by atoms with Crippen molar-refractivity contribution < 1.29 is 5.11 Å². The van der Waals surface area contributed by atoms with Gasteiger partial charge in [0.15, 0.2) is 0 Å². The summed E-state index contributed by atoms with van der Waals surface area (Å²) in [5.74, 6) is 0.489. The minimum absolute atomic E-state index is 0.489. The molecule has 0 saturated heterocycles. The molecule has 0 aliphatic rings. The van der Waals surface area contributed by atoms with Crippen LogP contribution in [-0.2, 0) is 25.7 Å². The molecule has 0 aliphatic heterocycles. The Bertz CT molecular complexity index is 340. The van der Waals surface area contributed by atoms with Gasteiger partial charge in [-0.2, -0.15) is 0 Å². The molecule has 0 spiro atoms. The molecule has 0 bridgehead atoms. The quantitative estimate of drug-likeness (QED) is 0.797. The summed E-state index contributed by atoms with van der Waals surface area (Å²) in [6.45, 7) is 8.63. The molecule has 0 aromatic heterocycles. The van der Waals surface area contributed by atoms with E-state index < -0.39 is 0 Å². The van der Waals surface area contributed by atoms with Gasteiger partial charge in [0, 0.05) is 0 Å². The molecule has 0 radical (unpaired) electrons. The smallest absolute Gasteiger partial charge is 0.119 e. The summed E-state index contributed by atoms with van der Waals surface area (Å²) >= 11 is 0. The molecule has 0 aliphatic carbocycles. The van der Waals surface area contributed by atoms with E-state index >= 15 is 0 Å². The molecule has 1 aromatic rings. The standard InChI is InChI=1S/C14H22O/c1-5-10-9-14(15)13(8-4)12(7-3)11(10)6-2/h9,15H,5-8H2,1-4H3. The van der Waals surface area contributed by atoms with E-state index in [0.29, 0.717) is 5.75 Å². The molecule has 0 fully saturated rings. The Kier molecular flexibility index (Phi) is 4.19. The van der Waals surface area contributed by atoms with Gasteiger partial charge in [0.25, 0.3) is 0 Å². The minimum atomic E-state index is 0.489. The van der Waals surface area contributed by atoms with Crippen molar-refractivity contribution in [2.45, 2.75) is 53.4 Å². The second kappa shape index (κ2) is 5.20. The van der Waals surface area contributed by atoms with Crippen molar-refractivity contribution in [3.05, 3.63) is 28.3 Å². The number of hydrogen-bond donors (Lipinski definition) is 1. The number of phenols is 1. The van der Waals surface area contributed by atoms with Crippen LogP contribution < -0.4 is 0 Å². The maximum Gasteiger partial charge on any atom is 0.119 e. The molecule has 0 heterocycles. The number of aryl methyl sites for hydroxylation is 1. The van der Waals surface area contributed by atoms with E-state index in [2.05, 4.69) is 27.7 Å². The first kappa shape index (κ1) is 12.1. The van der Waals surface area contributed by atoms with Crippen molar-refractivity contribution in [1.82, 2.24) is 0 Å². The fourth-order valence-corrected chi connectivity index (χ4v) is 2.45. The SMILES string of the molecule is CCc1cc(O)c(CC)c(CC)c1CC.